The third kappa shape index (κ3) is 4.22. The Morgan fingerprint density at radius 2 is 1.91 bits per heavy atom. The molecule has 0 saturated carbocycles. The molecule has 1 aromatic heterocycles. The number of ether oxygens (including phenoxy) is 1. The Kier molecular flexibility index (Phi) is 5.41. The molecule has 22 heavy (non-hydrogen) atoms. The van der Waals surface area contributed by atoms with E-state index in [4.69, 9.17) is 16.3 Å². The molecule has 2 aromatic rings. The number of carbonyl (C=O) groups excluding carboxylic acids is 2. The minimum atomic E-state index is -0.449. The van der Waals surface area contributed by atoms with Crippen LogP contribution in [0, 0.1) is 13.8 Å². The first-order valence-corrected chi connectivity index (χ1v) is 7.75. The normalized spacial score (nSPS) is 10.1. The van der Waals surface area contributed by atoms with Crippen LogP contribution in [0.2, 0.25) is 5.02 Å². The van der Waals surface area contributed by atoms with Crippen molar-refractivity contribution in [2.75, 3.05) is 6.61 Å². The fraction of sp³-hybridized carbons (Fsp3) is 0.200. The maximum Gasteiger partial charge on any atom is 0.279 e. The zero-order valence-electron chi connectivity index (χ0n) is 12.1. The summed E-state index contributed by atoms with van der Waals surface area (Å²) < 4.78 is 5.39. The van der Waals surface area contributed by atoms with Gasteiger partial charge in [0.25, 0.3) is 11.8 Å². The van der Waals surface area contributed by atoms with Crippen molar-refractivity contribution in [2.45, 2.75) is 13.8 Å². The molecule has 0 atom stereocenters. The minimum absolute atomic E-state index is 0.203. The van der Waals surface area contributed by atoms with E-state index in [9.17, 15) is 9.59 Å². The lowest BCUT2D eigenvalue weighted by Gasteiger charge is -2.10. The van der Waals surface area contributed by atoms with Gasteiger partial charge in [0.15, 0.2) is 6.61 Å². The molecule has 7 heteroatoms. The number of benzene rings is 1. The molecular formula is C15H15ClN2O3S. The summed E-state index contributed by atoms with van der Waals surface area (Å²) in [5.74, 6) is -0.254. The topological polar surface area (TPSA) is 67.4 Å². The number of nitrogens with one attached hydrogen (secondary N) is 2. The quantitative estimate of drug-likeness (QED) is 0.842. The van der Waals surface area contributed by atoms with Crippen molar-refractivity contribution in [2.24, 2.45) is 0 Å². The first kappa shape index (κ1) is 16.3. The Bertz CT molecular complexity index is 663. The van der Waals surface area contributed by atoms with Crippen LogP contribution in [0.4, 0.5) is 0 Å². The maximum absolute atomic E-state index is 11.7. The summed E-state index contributed by atoms with van der Waals surface area (Å²) in [6.45, 7) is 3.53. The molecule has 0 unspecified atom stereocenters. The molecule has 1 heterocycles. The molecule has 0 saturated heterocycles. The molecule has 0 bridgehead atoms. The van der Waals surface area contributed by atoms with Crippen LogP contribution in [0.3, 0.4) is 0 Å². The molecule has 0 aliphatic heterocycles. The molecule has 2 rings (SSSR count). The lowest BCUT2D eigenvalue weighted by molar-refractivity contribution is -0.123. The van der Waals surface area contributed by atoms with E-state index in [-0.39, 0.29) is 12.5 Å². The van der Waals surface area contributed by atoms with E-state index >= 15 is 0 Å². The van der Waals surface area contributed by atoms with Gasteiger partial charge in [-0.05, 0) is 48.6 Å². The van der Waals surface area contributed by atoms with Crippen molar-refractivity contribution in [1.82, 2.24) is 10.9 Å². The second-order valence-electron chi connectivity index (χ2n) is 4.64. The van der Waals surface area contributed by atoms with E-state index in [0.717, 1.165) is 11.1 Å². The molecule has 0 aliphatic rings. The number of hydrogen-bond acceptors (Lipinski definition) is 4. The molecule has 0 aliphatic carbocycles. The Morgan fingerprint density at radius 3 is 2.50 bits per heavy atom. The lowest BCUT2D eigenvalue weighted by atomic mass is 10.1. The number of rotatable bonds is 4. The van der Waals surface area contributed by atoms with Gasteiger partial charge in [-0.1, -0.05) is 17.7 Å². The van der Waals surface area contributed by atoms with Gasteiger partial charge in [-0.3, -0.25) is 20.4 Å². The number of halogens is 1. The Morgan fingerprint density at radius 1 is 1.23 bits per heavy atom. The fourth-order valence-corrected chi connectivity index (χ4v) is 2.50. The van der Waals surface area contributed by atoms with Gasteiger partial charge in [-0.2, -0.15) is 0 Å². The zero-order chi connectivity index (χ0) is 16.1. The van der Waals surface area contributed by atoms with Gasteiger partial charge in [0, 0.05) is 5.02 Å². The highest BCUT2D eigenvalue weighted by atomic mass is 35.5. The van der Waals surface area contributed by atoms with Crippen LogP contribution in [0.1, 0.15) is 20.8 Å². The second kappa shape index (κ2) is 7.29. The zero-order valence-corrected chi connectivity index (χ0v) is 13.7. The Hall–Kier alpha value is -2.05. The first-order chi connectivity index (χ1) is 10.5. The summed E-state index contributed by atoms with van der Waals surface area (Å²) in [6, 6.07) is 6.94. The predicted molar refractivity (Wildman–Crippen MR) is 86.3 cm³/mol. The number of aryl methyl sites for hydroxylation is 2. The summed E-state index contributed by atoms with van der Waals surface area (Å²) in [7, 11) is 0. The highest BCUT2D eigenvalue weighted by Crippen LogP contribution is 2.25. The average Bonchev–Trinajstić information content (AvgIpc) is 3.02. The predicted octanol–water partition coefficient (Wildman–Crippen LogP) is 2.86. The summed E-state index contributed by atoms with van der Waals surface area (Å²) >= 11 is 7.35. The first-order valence-electron chi connectivity index (χ1n) is 6.49. The van der Waals surface area contributed by atoms with Crippen molar-refractivity contribution < 1.29 is 14.3 Å². The minimum Gasteiger partial charge on any atom is -0.484 e. The van der Waals surface area contributed by atoms with Gasteiger partial charge in [-0.15, -0.1) is 11.3 Å². The van der Waals surface area contributed by atoms with E-state index < -0.39 is 5.91 Å². The maximum atomic E-state index is 11.7. The number of hydrogen-bond donors (Lipinski definition) is 2. The van der Waals surface area contributed by atoms with Crippen LogP contribution >= 0.6 is 22.9 Å². The largest absolute Gasteiger partial charge is 0.484 e. The van der Waals surface area contributed by atoms with E-state index in [2.05, 4.69) is 10.9 Å². The third-order valence-corrected chi connectivity index (χ3v) is 4.31. The summed E-state index contributed by atoms with van der Waals surface area (Å²) in [6.07, 6.45) is 0. The van der Waals surface area contributed by atoms with Crippen LogP contribution in [0.15, 0.2) is 29.6 Å². The van der Waals surface area contributed by atoms with Crippen LogP contribution in [-0.4, -0.2) is 18.4 Å². The number of thiophene rings is 1. The molecule has 1 aromatic carbocycles. The van der Waals surface area contributed by atoms with Crippen molar-refractivity contribution in [3.8, 4) is 5.75 Å². The van der Waals surface area contributed by atoms with Crippen LogP contribution in [-0.2, 0) is 4.79 Å². The lowest BCUT2D eigenvalue weighted by Crippen LogP contribution is -2.43. The van der Waals surface area contributed by atoms with Gasteiger partial charge in [0.1, 0.15) is 5.75 Å². The van der Waals surface area contributed by atoms with Gasteiger partial charge >= 0.3 is 0 Å². The van der Waals surface area contributed by atoms with Crippen molar-refractivity contribution in [1.29, 1.82) is 0 Å². The SMILES string of the molecule is Cc1cc(OCC(=O)NNC(=O)c2cccs2)cc(C)c1Cl. The van der Waals surface area contributed by atoms with E-state index in [1.165, 1.54) is 11.3 Å². The molecule has 116 valence electrons. The van der Waals surface area contributed by atoms with Gasteiger partial charge in [0.05, 0.1) is 4.88 Å². The van der Waals surface area contributed by atoms with Gasteiger partial charge in [0.2, 0.25) is 0 Å². The van der Waals surface area contributed by atoms with Crippen molar-refractivity contribution in [3.63, 3.8) is 0 Å². The van der Waals surface area contributed by atoms with Crippen LogP contribution in [0.5, 0.6) is 5.75 Å². The number of hydrazine groups is 1. The fourth-order valence-electron chi connectivity index (χ4n) is 1.77. The van der Waals surface area contributed by atoms with Gasteiger partial charge < -0.3 is 4.74 Å². The van der Waals surface area contributed by atoms with Crippen molar-refractivity contribution >= 4 is 34.8 Å². The standard InChI is InChI=1S/C15H15ClN2O3S/c1-9-6-11(7-10(2)14(9)16)21-8-13(19)17-18-15(20)12-4-3-5-22-12/h3-7H,8H2,1-2H3,(H,17,19)(H,18,20). The van der Waals surface area contributed by atoms with Crippen LogP contribution in [0.25, 0.3) is 0 Å². The summed E-state index contributed by atoms with van der Waals surface area (Å²) in [4.78, 5) is 23.8. The number of amides is 2. The van der Waals surface area contributed by atoms with E-state index in [1.54, 1.807) is 29.6 Å². The Balaban J connectivity index is 1.82. The molecule has 0 fully saturated rings. The average molecular weight is 339 g/mol. The molecule has 0 radical (unpaired) electrons. The van der Waals surface area contributed by atoms with E-state index in [1.807, 2.05) is 13.8 Å². The van der Waals surface area contributed by atoms with Crippen LogP contribution < -0.4 is 15.6 Å². The molecule has 2 amide bonds. The third-order valence-electron chi connectivity index (χ3n) is 2.84. The van der Waals surface area contributed by atoms with Gasteiger partial charge in [-0.25, -0.2) is 0 Å². The summed E-state index contributed by atoms with van der Waals surface area (Å²) in [5.41, 5.74) is 6.38. The molecular weight excluding hydrogens is 324 g/mol. The highest BCUT2D eigenvalue weighted by Gasteiger charge is 2.09. The van der Waals surface area contributed by atoms with Crippen molar-refractivity contribution in [3.05, 3.63) is 50.7 Å². The highest BCUT2D eigenvalue weighted by molar-refractivity contribution is 7.12. The molecule has 0 spiro atoms. The monoisotopic (exact) mass is 338 g/mol. The smallest absolute Gasteiger partial charge is 0.279 e. The second-order valence-corrected chi connectivity index (χ2v) is 5.96. The molecule has 5 nitrogen and oxygen atoms in total. The summed E-state index contributed by atoms with van der Waals surface area (Å²) in [5, 5.41) is 2.46. The Labute approximate surface area is 137 Å². The van der Waals surface area contributed by atoms with E-state index in [0.29, 0.717) is 15.6 Å². The number of carbonyl (C=O) groups is 2. The molecule has 2 N–H and O–H groups in total.